The molecule has 4 aromatic rings. The first-order valence-electron chi connectivity index (χ1n) is 10.6. The molecular weight excluding hydrogens is 478 g/mol. The number of thioether (sulfide) groups is 1. The molecular formula is C23H21N3O4S3. The van der Waals surface area contributed by atoms with E-state index in [1.807, 2.05) is 12.1 Å². The minimum absolute atomic E-state index is 0.0355. The molecule has 0 saturated heterocycles. The molecule has 0 radical (unpaired) electrons. The maximum absolute atomic E-state index is 13.5. The Balaban J connectivity index is 1.42. The fraction of sp³-hybridized carbons (Fsp3) is 0.304. The third-order valence-electron chi connectivity index (χ3n) is 5.46. The number of nitrogens with one attached hydrogen (secondary N) is 1. The average molecular weight is 500 g/mol. The Morgan fingerprint density at radius 1 is 1.24 bits per heavy atom. The molecule has 7 nitrogen and oxygen atoms in total. The summed E-state index contributed by atoms with van der Waals surface area (Å²) in [7, 11) is 0. The fourth-order valence-corrected chi connectivity index (χ4v) is 7.06. The van der Waals surface area contributed by atoms with Gasteiger partial charge in [0.05, 0.1) is 35.4 Å². The molecule has 33 heavy (non-hydrogen) atoms. The monoisotopic (exact) mass is 499 g/mol. The molecule has 0 saturated carbocycles. The van der Waals surface area contributed by atoms with Crippen molar-refractivity contribution >= 4 is 56.3 Å². The highest BCUT2D eigenvalue weighted by molar-refractivity contribution is 7.99. The number of thiophene rings is 2. The molecule has 4 aromatic heterocycles. The number of fused-ring (bicyclic) bond motifs is 3. The predicted octanol–water partition coefficient (Wildman–Crippen LogP) is 4.26. The van der Waals surface area contributed by atoms with Gasteiger partial charge in [0.2, 0.25) is 5.91 Å². The molecule has 4 heterocycles. The van der Waals surface area contributed by atoms with Gasteiger partial charge in [-0.05, 0) is 49.1 Å². The fourth-order valence-electron chi connectivity index (χ4n) is 3.90. The van der Waals surface area contributed by atoms with Gasteiger partial charge >= 0.3 is 0 Å². The first-order valence-corrected chi connectivity index (χ1v) is 13.2. The molecule has 0 atom stereocenters. The minimum atomic E-state index is -0.109. The van der Waals surface area contributed by atoms with Crippen LogP contribution in [0, 0.1) is 0 Å². The number of ketones is 1. The highest BCUT2D eigenvalue weighted by Crippen LogP contribution is 2.36. The Labute approximate surface area is 201 Å². The summed E-state index contributed by atoms with van der Waals surface area (Å²) in [4.78, 5) is 45.8. The molecule has 1 N–H and O–H groups in total. The second-order valence-electron chi connectivity index (χ2n) is 7.79. The summed E-state index contributed by atoms with van der Waals surface area (Å²) in [6.07, 6.45) is 4.57. The molecule has 0 aromatic carbocycles. The molecule has 0 bridgehead atoms. The van der Waals surface area contributed by atoms with Crippen molar-refractivity contribution in [1.82, 2.24) is 14.9 Å². The zero-order chi connectivity index (χ0) is 22.9. The van der Waals surface area contributed by atoms with Crippen molar-refractivity contribution in [3.63, 3.8) is 0 Å². The molecule has 0 aliphatic heterocycles. The number of rotatable bonds is 8. The lowest BCUT2D eigenvalue weighted by atomic mass is 10.2. The average Bonchev–Trinajstić information content (AvgIpc) is 3.57. The summed E-state index contributed by atoms with van der Waals surface area (Å²) in [6, 6.07) is 7.25. The Hall–Kier alpha value is -2.69. The van der Waals surface area contributed by atoms with Crippen molar-refractivity contribution in [2.24, 2.45) is 0 Å². The van der Waals surface area contributed by atoms with E-state index in [-0.39, 0.29) is 29.5 Å². The van der Waals surface area contributed by atoms with Gasteiger partial charge < -0.3 is 9.73 Å². The van der Waals surface area contributed by atoms with Crippen LogP contribution in [0.4, 0.5) is 0 Å². The van der Waals surface area contributed by atoms with Crippen molar-refractivity contribution in [2.45, 2.75) is 44.4 Å². The Kier molecular flexibility index (Phi) is 6.22. The summed E-state index contributed by atoms with van der Waals surface area (Å²) in [5.41, 5.74) is 1.07. The summed E-state index contributed by atoms with van der Waals surface area (Å²) >= 11 is 4.24. The van der Waals surface area contributed by atoms with Gasteiger partial charge in [-0.25, -0.2) is 4.98 Å². The number of aryl methyl sites for hydroxylation is 2. The third kappa shape index (κ3) is 4.55. The molecule has 0 unspecified atom stereocenters. The molecule has 170 valence electrons. The standard InChI is InChI=1S/C23H21N3O4S3/c1-13(27)24-10-15-7-8-19(32-15)17(28)12-31-23-25-21-20(16-5-2-6-18(16)33-21)22(29)26(23)11-14-4-3-9-30-14/h3-4,7-9H,2,5-6,10-12H2,1H3,(H,24,27). The number of hydrogen-bond donors (Lipinski definition) is 1. The summed E-state index contributed by atoms with van der Waals surface area (Å²) in [5, 5.41) is 3.98. The summed E-state index contributed by atoms with van der Waals surface area (Å²) < 4.78 is 7.11. The van der Waals surface area contributed by atoms with Gasteiger partial charge in [-0.2, -0.15) is 0 Å². The van der Waals surface area contributed by atoms with E-state index in [1.165, 1.54) is 34.9 Å². The van der Waals surface area contributed by atoms with Crippen molar-refractivity contribution in [2.75, 3.05) is 5.75 Å². The Morgan fingerprint density at radius 3 is 2.91 bits per heavy atom. The second kappa shape index (κ2) is 9.28. The summed E-state index contributed by atoms with van der Waals surface area (Å²) in [6.45, 7) is 2.14. The quantitative estimate of drug-likeness (QED) is 0.221. The number of amides is 1. The van der Waals surface area contributed by atoms with Gasteiger partial charge in [-0.3, -0.25) is 19.0 Å². The zero-order valence-corrected chi connectivity index (χ0v) is 20.3. The minimum Gasteiger partial charge on any atom is -0.467 e. The van der Waals surface area contributed by atoms with E-state index < -0.39 is 0 Å². The van der Waals surface area contributed by atoms with Crippen molar-refractivity contribution in [3.8, 4) is 0 Å². The normalized spacial score (nSPS) is 12.9. The maximum Gasteiger partial charge on any atom is 0.263 e. The van der Waals surface area contributed by atoms with E-state index in [1.54, 1.807) is 34.3 Å². The molecule has 1 aliphatic rings. The van der Waals surface area contributed by atoms with Gasteiger partial charge in [0.15, 0.2) is 10.9 Å². The van der Waals surface area contributed by atoms with Crippen molar-refractivity contribution < 1.29 is 14.0 Å². The SMILES string of the molecule is CC(=O)NCc1ccc(C(=O)CSc2nc3sc4c(c3c(=O)n2Cc2ccco2)CCC4)s1. The van der Waals surface area contributed by atoms with Crippen LogP contribution in [0.25, 0.3) is 10.2 Å². The van der Waals surface area contributed by atoms with Crippen LogP contribution < -0.4 is 10.9 Å². The number of aromatic nitrogens is 2. The van der Waals surface area contributed by atoms with E-state index in [9.17, 15) is 14.4 Å². The van der Waals surface area contributed by atoms with E-state index in [2.05, 4.69) is 5.32 Å². The van der Waals surface area contributed by atoms with Crippen LogP contribution in [0.3, 0.4) is 0 Å². The van der Waals surface area contributed by atoms with Crippen LogP contribution in [-0.4, -0.2) is 27.0 Å². The van der Waals surface area contributed by atoms with E-state index in [0.29, 0.717) is 22.3 Å². The van der Waals surface area contributed by atoms with Gasteiger partial charge in [0.1, 0.15) is 10.6 Å². The number of hydrogen-bond acceptors (Lipinski definition) is 8. The number of nitrogens with zero attached hydrogens (tertiary/aromatic N) is 2. The molecule has 5 rings (SSSR count). The van der Waals surface area contributed by atoms with Crippen molar-refractivity contribution in [3.05, 3.63) is 66.8 Å². The van der Waals surface area contributed by atoms with E-state index in [4.69, 9.17) is 9.40 Å². The van der Waals surface area contributed by atoms with Crippen LogP contribution in [0.15, 0.2) is 44.9 Å². The molecule has 1 aliphatic carbocycles. The number of Topliss-reactive ketones (excluding diaryl/α,β-unsaturated/α-hetero) is 1. The third-order valence-corrected chi connectivity index (χ3v) is 8.75. The van der Waals surface area contributed by atoms with Crippen LogP contribution in [0.2, 0.25) is 0 Å². The van der Waals surface area contributed by atoms with E-state index >= 15 is 0 Å². The number of carbonyl (C=O) groups is 2. The van der Waals surface area contributed by atoms with Gasteiger partial charge in [-0.1, -0.05) is 11.8 Å². The second-order valence-corrected chi connectivity index (χ2v) is 11.0. The molecule has 0 fully saturated rings. The van der Waals surface area contributed by atoms with Crippen molar-refractivity contribution in [1.29, 1.82) is 0 Å². The largest absolute Gasteiger partial charge is 0.467 e. The number of carbonyl (C=O) groups excluding carboxylic acids is 2. The zero-order valence-electron chi connectivity index (χ0n) is 17.9. The smallest absolute Gasteiger partial charge is 0.263 e. The highest BCUT2D eigenvalue weighted by Gasteiger charge is 2.24. The van der Waals surface area contributed by atoms with Gasteiger partial charge in [-0.15, -0.1) is 22.7 Å². The Bertz CT molecular complexity index is 1400. The molecule has 10 heteroatoms. The highest BCUT2D eigenvalue weighted by atomic mass is 32.2. The lowest BCUT2D eigenvalue weighted by Crippen LogP contribution is -2.24. The van der Waals surface area contributed by atoms with E-state index in [0.717, 1.165) is 39.9 Å². The molecule has 0 spiro atoms. The van der Waals surface area contributed by atoms with Gasteiger partial charge in [0.25, 0.3) is 5.56 Å². The van der Waals surface area contributed by atoms with Crippen LogP contribution in [0.1, 0.15) is 44.1 Å². The Morgan fingerprint density at radius 2 is 2.12 bits per heavy atom. The number of furan rings is 1. The summed E-state index contributed by atoms with van der Waals surface area (Å²) in [5.74, 6) is 0.689. The first kappa shape index (κ1) is 22.1. The lowest BCUT2D eigenvalue weighted by Gasteiger charge is -2.11. The lowest BCUT2D eigenvalue weighted by molar-refractivity contribution is -0.119. The van der Waals surface area contributed by atoms with Crippen LogP contribution in [-0.2, 0) is 30.7 Å². The van der Waals surface area contributed by atoms with Gasteiger partial charge in [0, 0.05) is 16.7 Å². The van der Waals surface area contributed by atoms with Crippen LogP contribution >= 0.6 is 34.4 Å². The van der Waals surface area contributed by atoms with Crippen LogP contribution in [0.5, 0.6) is 0 Å². The topological polar surface area (TPSA) is 94.2 Å². The molecule has 1 amide bonds. The maximum atomic E-state index is 13.5. The first-order chi connectivity index (χ1) is 16.0. The predicted molar refractivity (Wildman–Crippen MR) is 131 cm³/mol.